The van der Waals surface area contributed by atoms with Crippen molar-refractivity contribution in [2.45, 2.75) is 0 Å². The molecule has 0 saturated heterocycles. The van der Waals surface area contributed by atoms with Crippen molar-refractivity contribution in [1.82, 2.24) is 9.97 Å². The molecule has 132 valence electrons. The first-order valence-corrected chi connectivity index (χ1v) is 8.30. The van der Waals surface area contributed by atoms with Crippen molar-refractivity contribution >= 4 is 46.3 Å². The van der Waals surface area contributed by atoms with E-state index in [9.17, 15) is 4.79 Å². The van der Waals surface area contributed by atoms with Crippen molar-refractivity contribution < 1.29 is 9.53 Å². The topological polar surface area (TPSA) is 76.1 Å². The fraction of sp³-hybridized carbons (Fsp3) is 0.0556. The van der Waals surface area contributed by atoms with Crippen molar-refractivity contribution in [1.29, 1.82) is 0 Å². The molecule has 0 radical (unpaired) electrons. The molecule has 26 heavy (non-hydrogen) atoms. The molecule has 0 aliphatic rings. The van der Waals surface area contributed by atoms with Crippen LogP contribution in [0.3, 0.4) is 0 Å². The number of methoxy groups -OCH3 is 1. The van der Waals surface area contributed by atoms with E-state index in [-0.39, 0.29) is 11.6 Å². The number of carbonyl (C=O) groups is 1. The second-order valence-corrected chi connectivity index (χ2v) is 6.09. The highest BCUT2D eigenvalue weighted by molar-refractivity contribution is 6.31. The number of halogens is 2. The summed E-state index contributed by atoms with van der Waals surface area (Å²) in [6, 6.07) is 12.0. The highest BCUT2D eigenvalue weighted by Crippen LogP contribution is 2.29. The van der Waals surface area contributed by atoms with Gasteiger partial charge in [0.1, 0.15) is 17.3 Å². The molecule has 0 fully saturated rings. The van der Waals surface area contributed by atoms with E-state index in [0.717, 1.165) is 0 Å². The van der Waals surface area contributed by atoms with Crippen LogP contribution in [0.15, 0.2) is 54.9 Å². The summed E-state index contributed by atoms with van der Waals surface area (Å²) in [4.78, 5) is 20.6. The van der Waals surface area contributed by atoms with Crippen molar-refractivity contribution in [2.24, 2.45) is 0 Å². The summed E-state index contributed by atoms with van der Waals surface area (Å²) in [5.74, 6) is 0.676. The number of benzene rings is 2. The molecular formula is C18H14Cl2N4O2. The van der Waals surface area contributed by atoms with Gasteiger partial charge in [-0.2, -0.15) is 0 Å². The Balaban J connectivity index is 1.72. The lowest BCUT2D eigenvalue weighted by atomic mass is 10.3. The molecule has 0 aliphatic heterocycles. The molecule has 0 spiro atoms. The van der Waals surface area contributed by atoms with Crippen LogP contribution < -0.4 is 15.4 Å². The lowest BCUT2D eigenvalue weighted by Crippen LogP contribution is -2.14. The molecule has 8 heteroatoms. The van der Waals surface area contributed by atoms with E-state index in [1.807, 2.05) is 0 Å². The molecule has 0 saturated carbocycles. The van der Waals surface area contributed by atoms with Gasteiger partial charge in [0.2, 0.25) is 0 Å². The lowest BCUT2D eigenvalue weighted by molar-refractivity contribution is 0.102. The maximum atomic E-state index is 12.2. The fourth-order valence-electron chi connectivity index (χ4n) is 2.19. The summed E-state index contributed by atoms with van der Waals surface area (Å²) in [5, 5.41) is 6.85. The number of anilines is 3. The molecule has 3 rings (SSSR count). The fourth-order valence-corrected chi connectivity index (χ4v) is 2.55. The van der Waals surface area contributed by atoms with Crippen LogP contribution in [0.4, 0.5) is 17.2 Å². The lowest BCUT2D eigenvalue weighted by Gasteiger charge is -2.11. The van der Waals surface area contributed by atoms with Gasteiger partial charge in [0, 0.05) is 15.7 Å². The van der Waals surface area contributed by atoms with Crippen LogP contribution in [0.2, 0.25) is 10.0 Å². The summed E-state index contributed by atoms with van der Waals surface area (Å²) >= 11 is 11.9. The van der Waals surface area contributed by atoms with E-state index in [1.54, 1.807) is 49.6 Å². The SMILES string of the molecule is COc1ccc(Cl)cc1Nc1cnc(C(=O)Nc2cccc(Cl)c2)cn1. The molecule has 3 aromatic rings. The number of aromatic nitrogens is 2. The van der Waals surface area contributed by atoms with Gasteiger partial charge in [-0.25, -0.2) is 9.97 Å². The molecule has 0 atom stereocenters. The van der Waals surface area contributed by atoms with E-state index in [2.05, 4.69) is 20.6 Å². The van der Waals surface area contributed by atoms with Gasteiger partial charge in [-0.1, -0.05) is 29.3 Å². The van der Waals surface area contributed by atoms with Crippen LogP contribution in [-0.4, -0.2) is 23.0 Å². The van der Waals surface area contributed by atoms with Crippen LogP contribution in [0.5, 0.6) is 5.75 Å². The minimum absolute atomic E-state index is 0.175. The van der Waals surface area contributed by atoms with Crippen LogP contribution in [-0.2, 0) is 0 Å². The monoisotopic (exact) mass is 388 g/mol. The van der Waals surface area contributed by atoms with Crippen LogP contribution >= 0.6 is 23.2 Å². The quantitative estimate of drug-likeness (QED) is 0.656. The van der Waals surface area contributed by atoms with Crippen LogP contribution in [0.1, 0.15) is 10.5 Å². The second-order valence-electron chi connectivity index (χ2n) is 5.22. The summed E-state index contributed by atoms with van der Waals surface area (Å²) in [7, 11) is 1.56. The van der Waals surface area contributed by atoms with Gasteiger partial charge in [0.25, 0.3) is 5.91 Å². The number of nitrogens with zero attached hydrogens (tertiary/aromatic N) is 2. The molecule has 1 amide bonds. The number of amides is 1. The number of ether oxygens (including phenoxy) is 1. The van der Waals surface area contributed by atoms with Crippen molar-refractivity contribution in [3.05, 3.63) is 70.6 Å². The summed E-state index contributed by atoms with van der Waals surface area (Å²) in [6.07, 6.45) is 2.83. The molecular weight excluding hydrogens is 375 g/mol. The molecule has 2 aromatic carbocycles. The molecule has 2 N–H and O–H groups in total. The average molecular weight is 389 g/mol. The Morgan fingerprint density at radius 1 is 1.04 bits per heavy atom. The van der Waals surface area contributed by atoms with Gasteiger partial charge in [0.05, 0.1) is 25.2 Å². The minimum atomic E-state index is -0.383. The molecule has 0 bridgehead atoms. The Morgan fingerprint density at radius 3 is 2.54 bits per heavy atom. The van der Waals surface area contributed by atoms with E-state index in [0.29, 0.717) is 33.0 Å². The Kier molecular flexibility index (Phi) is 5.55. The standard InChI is InChI=1S/C18H14Cl2N4O2/c1-26-16-6-5-12(20)8-14(16)24-17-10-21-15(9-22-17)18(25)23-13-4-2-3-11(19)7-13/h2-10H,1H3,(H,22,24)(H,23,25). The summed E-state index contributed by atoms with van der Waals surface area (Å²) in [6.45, 7) is 0. The Morgan fingerprint density at radius 2 is 1.85 bits per heavy atom. The Labute approximate surface area is 160 Å². The predicted molar refractivity (Wildman–Crippen MR) is 103 cm³/mol. The zero-order chi connectivity index (χ0) is 18.5. The average Bonchev–Trinajstić information content (AvgIpc) is 2.62. The Bertz CT molecular complexity index is 933. The predicted octanol–water partition coefficient (Wildman–Crippen LogP) is 4.79. The molecule has 1 heterocycles. The number of hydrogen-bond acceptors (Lipinski definition) is 5. The van der Waals surface area contributed by atoms with Crippen LogP contribution in [0.25, 0.3) is 0 Å². The number of carbonyl (C=O) groups excluding carboxylic acids is 1. The largest absolute Gasteiger partial charge is 0.495 e. The Hall–Kier alpha value is -2.83. The molecule has 0 unspecified atom stereocenters. The van der Waals surface area contributed by atoms with Crippen molar-refractivity contribution in [3.8, 4) is 5.75 Å². The third-order valence-corrected chi connectivity index (χ3v) is 3.86. The van der Waals surface area contributed by atoms with Crippen LogP contribution in [0, 0.1) is 0 Å². The molecule has 1 aromatic heterocycles. The van der Waals surface area contributed by atoms with Gasteiger partial charge in [-0.3, -0.25) is 4.79 Å². The van der Waals surface area contributed by atoms with Gasteiger partial charge < -0.3 is 15.4 Å². The third kappa shape index (κ3) is 4.41. The number of rotatable bonds is 5. The first kappa shape index (κ1) is 18.0. The first-order chi connectivity index (χ1) is 12.5. The zero-order valence-corrected chi connectivity index (χ0v) is 15.2. The van der Waals surface area contributed by atoms with Crippen molar-refractivity contribution in [2.75, 3.05) is 17.7 Å². The van der Waals surface area contributed by atoms with Gasteiger partial charge in [0.15, 0.2) is 0 Å². The summed E-state index contributed by atoms with van der Waals surface area (Å²) in [5.41, 5.74) is 1.40. The minimum Gasteiger partial charge on any atom is -0.495 e. The zero-order valence-electron chi connectivity index (χ0n) is 13.7. The highest BCUT2D eigenvalue weighted by atomic mass is 35.5. The molecule has 6 nitrogen and oxygen atoms in total. The normalized spacial score (nSPS) is 10.3. The van der Waals surface area contributed by atoms with Gasteiger partial charge >= 0.3 is 0 Å². The van der Waals surface area contributed by atoms with Gasteiger partial charge in [-0.15, -0.1) is 0 Å². The third-order valence-electron chi connectivity index (χ3n) is 3.39. The van der Waals surface area contributed by atoms with E-state index in [4.69, 9.17) is 27.9 Å². The first-order valence-electron chi connectivity index (χ1n) is 7.54. The van der Waals surface area contributed by atoms with Crippen molar-refractivity contribution in [3.63, 3.8) is 0 Å². The second kappa shape index (κ2) is 8.03. The summed E-state index contributed by atoms with van der Waals surface area (Å²) < 4.78 is 5.27. The number of nitrogens with one attached hydrogen (secondary N) is 2. The maximum absolute atomic E-state index is 12.2. The highest BCUT2D eigenvalue weighted by Gasteiger charge is 2.10. The smallest absolute Gasteiger partial charge is 0.275 e. The van der Waals surface area contributed by atoms with E-state index >= 15 is 0 Å². The number of hydrogen-bond donors (Lipinski definition) is 2. The molecule has 0 aliphatic carbocycles. The van der Waals surface area contributed by atoms with E-state index in [1.165, 1.54) is 12.4 Å². The van der Waals surface area contributed by atoms with Gasteiger partial charge in [-0.05, 0) is 36.4 Å². The van der Waals surface area contributed by atoms with E-state index < -0.39 is 0 Å². The maximum Gasteiger partial charge on any atom is 0.275 e.